The van der Waals surface area contributed by atoms with Crippen molar-refractivity contribution in [3.05, 3.63) is 65.7 Å². The first-order chi connectivity index (χ1) is 11.7. The molecular weight excluding hydrogens is 294 g/mol. The summed E-state index contributed by atoms with van der Waals surface area (Å²) in [4.78, 5) is 2.76. The van der Waals surface area contributed by atoms with E-state index < -0.39 is 0 Å². The van der Waals surface area contributed by atoms with Crippen LogP contribution in [-0.2, 0) is 6.42 Å². The van der Waals surface area contributed by atoms with Crippen LogP contribution < -0.4 is 0 Å². The Morgan fingerprint density at radius 1 is 0.958 bits per heavy atom. The summed E-state index contributed by atoms with van der Waals surface area (Å²) in [5.41, 5.74) is 2.81. The highest BCUT2D eigenvalue weighted by Gasteiger charge is 2.42. The van der Waals surface area contributed by atoms with Gasteiger partial charge in [0.05, 0.1) is 0 Å². The Morgan fingerprint density at radius 2 is 1.58 bits per heavy atom. The van der Waals surface area contributed by atoms with E-state index >= 15 is 0 Å². The minimum absolute atomic E-state index is 0.357. The first kappa shape index (κ1) is 15.7. The molecule has 0 aromatic heterocycles. The second-order valence-corrected chi connectivity index (χ2v) is 7.63. The molecule has 2 heterocycles. The fourth-order valence-electron chi connectivity index (χ4n) is 5.00. The van der Waals surface area contributed by atoms with Gasteiger partial charge in [0.1, 0.15) is 5.75 Å². The fraction of sp³-hybridized carbons (Fsp3) is 0.455. The second-order valence-electron chi connectivity index (χ2n) is 7.63. The summed E-state index contributed by atoms with van der Waals surface area (Å²) in [6.45, 7) is 2.33. The van der Waals surface area contributed by atoms with Gasteiger partial charge in [-0.25, -0.2) is 0 Å². The van der Waals surface area contributed by atoms with Crippen molar-refractivity contribution in [2.24, 2.45) is 5.92 Å². The van der Waals surface area contributed by atoms with Gasteiger partial charge in [-0.05, 0) is 68.2 Å². The van der Waals surface area contributed by atoms with Gasteiger partial charge in [-0.3, -0.25) is 4.90 Å². The van der Waals surface area contributed by atoms with Crippen LogP contribution in [0.3, 0.4) is 0 Å². The molecule has 2 aliphatic heterocycles. The predicted octanol–water partition coefficient (Wildman–Crippen LogP) is 4.94. The van der Waals surface area contributed by atoms with Crippen molar-refractivity contribution < 1.29 is 5.11 Å². The molecule has 0 spiro atoms. The number of hydrogen-bond donors (Lipinski definition) is 1. The average molecular weight is 321 g/mol. The van der Waals surface area contributed by atoms with E-state index in [0.717, 1.165) is 18.0 Å². The molecule has 2 heteroatoms. The fourth-order valence-corrected chi connectivity index (χ4v) is 5.00. The lowest BCUT2D eigenvalue weighted by molar-refractivity contribution is 0.0658. The molecule has 2 nitrogen and oxygen atoms in total. The average Bonchev–Trinajstić information content (AvgIpc) is 2.87. The van der Waals surface area contributed by atoms with Crippen molar-refractivity contribution >= 4 is 0 Å². The van der Waals surface area contributed by atoms with Gasteiger partial charge in [0.15, 0.2) is 0 Å². The second kappa shape index (κ2) is 6.60. The standard InChI is InChI=1S/C22H27NO/c1-16(19-7-11-22(24)12-8-19)23-20-9-10-21(23)15-18(14-20)13-17-5-3-2-4-6-17/h2-8,11-12,16,18,20-21,24H,9-10,13-15H2,1H3. The van der Waals surface area contributed by atoms with Crippen LogP contribution in [0.15, 0.2) is 54.6 Å². The molecule has 4 rings (SSSR count). The molecule has 0 aliphatic carbocycles. The summed E-state index contributed by atoms with van der Waals surface area (Å²) in [5.74, 6) is 1.18. The van der Waals surface area contributed by atoms with Crippen molar-refractivity contribution in [1.82, 2.24) is 4.90 Å². The highest BCUT2D eigenvalue weighted by atomic mass is 16.3. The lowest BCUT2D eigenvalue weighted by atomic mass is 9.84. The normalized spacial score (nSPS) is 28.0. The van der Waals surface area contributed by atoms with E-state index in [0.29, 0.717) is 11.8 Å². The van der Waals surface area contributed by atoms with Gasteiger partial charge < -0.3 is 5.11 Å². The van der Waals surface area contributed by atoms with Crippen LogP contribution in [0, 0.1) is 5.92 Å². The Morgan fingerprint density at radius 3 is 2.21 bits per heavy atom. The topological polar surface area (TPSA) is 23.5 Å². The molecule has 3 atom stereocenters. The van der Waals surface area contributed by atoms with Gasteiger partial charge >= 0.3 is 0 Å². The minimum Gasteiger partial charge on any atom is -0.508 e. The molecule has 0 amide bonds. The van der Waals surface area contributed by atoms with Gasteiger partial charge in [0.25, 0.3) is 0 Å². The number of nitrogens with zero attached hydrogens (tertiary/aromatic N) is 1. The monoisotopic (exact) mass is 321 g/mol. The Bertz CT molecular complexity index is 652. The van der Waals surface area contributed by atoms with Gasteiger partial charge in [0, 0.05) is 18.1 Å². The summed E-state index contributed by atoms with van der Waals surface area (Å²) in [6, 6.07) is 20.6. The third-order valence-corrected chi connectivity index (χ3v) is 6.08. The molecule has 2 aromatic rings. The Labute approximate surface area is 145 Å². The van der Waals surface area contributed by atoms with Crippen LogP contribution in [0.2, 0.25) is 0 Å². The third-order valence-electron chi connectivity index (χ3n) is 6.08. The number of benzene rings is 2. The molecule has 2 bridgehead atoms. The lowest BCUT2D eigenvalue weighted by Gasteiger charge is -2.43. The summed E-state index contributed by atoms with van der Waals surface area (Å²) < 4.78 is 0. The molecule has 126 valence electrons. The molecule has 1 N–H and O–H groups in total. The Hall–Kier alpha value is -1.80. The number of fused-ring (bicyclic) bond motifs is 2. The van der Waals surface area contributed by atoms with E-state index in [2.05, 4.69) is 54.3 Å². The van der Waals surface area contributed by atoms with Crippen molar-refractivity contribution in [1.29, 1.82) is 0 Å². The van der Waals surface area contributed by atoms with Gasteiger partial charge in [-0.1, -0.05) is 42.5 Å². The van der Waals surface area contributed by atoms with Gasteiger partial charge in [-0.15, -0.1) is 0 Å². The van der Waals surface area contributed by atoms with Crippen molar-refractivity contribution in [2.45, 2.75) is 57.2 Å². The first-order valence-corrected chi connectivity index (χ1v) is 9.31. The molecule has 24 heavy (non-hydrogen) atoms. The number of phenols is 1. The summed E-state index contributed by atoms with van der Waals surface area (Å²) >= 11 is 0. The van der Waals surface area contributed by atoms with E-state index in [1.807, 2.05) is 12.1 Å². The lowest BCUT2D eigenvalue weighted by Crippen LogP contribution is -2.44. The van der Waals surface area contributed by atoms with Crippen molar-refractivity contribution in [3.8, 4) is 5.75 Å². The van der Waals surface area contributed by atoms with Gasteiger partial charge in [0.2, 0.25) is 0 Å². The van der Waals surface area contributed by atoms with Crippen molar-refractivity contribution in [3.63, 3.8) is 0 Å². The predicted molar refractivity (Wildman–Crippen MR) is 98.0 cm³/mol. The zero-order chi connectivity index (χ0) is 16.5. The van der Waals surface area contributed by atoms with E-state index in [4.69, 9.17) is 0 Å². The summed E-state index contributed by atoms with van der Waals surface area (Å²) in [6.07, 6.45) is 6.58. The minimum atomic E-state index is 0.357. The van der Waals surface area contributed by atoms with Crippen LogP contribution in [0.4, 0.5) is 0 Å². The maximum Gasteiger partial charge on any atom is 0.115 e. The molecule has 2 aromatic carbocycles. The van der Waals surface area contributed by atoms with Gasteiger partial charge in [-0.2, -0.15) is 0 Å². The molecule has 3 unspecified atom stereocenters. The summed E-state index contributed by atoms with van der Waals surface area (Å²) in [5, 5.41) is 9.53. The molecule has 0 radical (unpaired) electrons. The van der Waals surface area contributed by atoms with E-state index in [9.17, 15) is 5.11 Å². The Kier molecular flexibility index (Phi) is 4.32. The number of piperidine rings is 1. The number of hydrogen-bond acceptors (Lipinski definition) is 2. The molecule has 2 aliphatic rings. The smallest absolute Gasteiger partial charge is 0.115 e. The van der Waals surface area contributed by atoms with E-state index in [-0.39, 0.29) is 0 Å². The zero-order valence-corrected chi connectivity index (χ0v) is 14.4. The van der Waals surface area contributed by atoms with Crippen molar-refractivity contribution in [2.75, 3.05) is 0 Å². The molecule has 0 saturated carbocycles. The molecule has 2 saturated heterocycles. The summed E-state index contributed by atoms with van der Waals surface area (Å²) in [7, 11) is 0. The molecule has 2 fully saturated rings. The SMILES string of the molecule is CC(c1ccc(O)cc1)N1C2CCC1CC(Cc1ccccc1)C2. The number of rotatable bonds is 4. The van der Waals surface area contributed by atoms with E-state index in [1.165, 1.54) is 43.2 Å². The van der Waals surface area contributed by atoms with Crippen LogP contribution in [0.1, 0.15) is 49.8 Å². The number of phenolic OH excluding ortho intramolecular Hbond substituents is 1. The highest BCUT2D eigenvalue weighted by molar-refractivity contribution is 5.28. The largest absolute Gasteiger partial charge is 0.508 e. The zero-order valence-electron chi connectivity index (χ0n) is 14.4. The van der Waals surface area contributed by atoms with Crippen LogP contribution in [0.25, 0.3) is 0 Å². The third kappa shape index (κ3) is 3.08. The van der Waals surface area contributed by atoms with Crippen LogP contribution in [0.5, 0.6) is 5.75 Å². The number of aromatic hydroxyl groups is 1. The van der Waals surface area contributed by atoms with Crippen LogP contribution in [-0.4, -0.2) is 22.1 Å². The molecular formula is C22H27NO. The maximum atomic E-state index is 9.53. The quantitative estimate of drug-likeness (QED) is 0.862. The van der Waals surface area contributed by atoms with E-state index in [1.54, 1.807) is 0 Å². The first-order valence-electron chi connectivity index (χ1n) is 9.31. The Balaban J connectivity index is 1.46. The maximum absolute atomic E-state index is 9.53. The highest BCUT2D eigenvalue weighted by Crippen LogP contribution is 2.44. The van der Waals surface area contributed by atoms with Crippen LogP contribution >= 0.6 is 0 Å².